The molecule has 1 aromatic carbocycles. The predicted octanol–water partition coefficient (Wildman–Crippen LogP) is 1.55. The fourth-order valence-corrected chi connectivity index (χ4v) is 2.20. The Morgan fingerprint density at radius 1 is 1.30 bits per heavy atom. The van der Waals surface area contributed by atoms with E-state index in [1.807, 2.05) is 18.2 Å². The third-order valence-electron chi connectivity index (χ3n) is 3.14. The molecule has 0 spiro atoms. The fraction of sp³-hybridized carbons (Fsp3) is 0.375. The highest BCUT2D eigenvalue weighted by Crippen LogP contribution is 2.23. The lowest BCUT2D eigenvalue weighted by Gasteiger charge is -2.19. The number of rotatable bonds is 3. The molecule has 126 valence electrons. The van der Waals surface area contributed by atoms with E-state index in [1.54, 1.807) is 33.0 Å². The summed E-state index contributed by atoms with van der Waals surface area (Å²) in [7, 11) is 0. The van der Waals surface area contributed by atoms with E-state index < -0.39 is 23.7 Å². The molecule has 1 atom stereocenters. The Morgan fingerprint density at radius 3 is 2.48 bits per heavy atom. The zero-order chi connectivity index (χ0) is 16.5. The zero-order valence-electron chi connectivity index (χ0n) is 13.4. The molecule has 0 saturated heterocycles. The predicted molar refractivity (Wildman–Crippen MR) is 86.5 cm³/mol. The molecule has 2 rings (SSSR count). The molecule has 7 nitrogen and oxygen atoms in total. The third kappa shape index (κ3) is 4.30. The molecule has 0 unspecified atom stereocenters. The Morgan fingerprint density at radius 2 is 1.91 bits per heavy atom. The SMILES string of the molecule is CC(C)(C)OC(=O)n1cc(C[C@H](N)C(=O)O)c2ccccc21.O. The van der Waals surface area contributed by atoms with Crippen LogP contribution in [0.2, 0.25) is 0 Å². The van der Waals surface area contributed by atoms with Crippen molar-refractivity contribution >= 4 is 23.0 Å². The van der Waals surface area contributed by atoms with Crippen LogP contribution in [0.5, 0.6) is 0 Å². The average molecular weight is 322 g/mol. The van der Waals surface area contributed by atoms with Crippen LogP contribution in [0, 0.1) is 0 Å². The molecule has 0 fully saturated rings. The van der Waals surface area contributed by atoms with Gasteiger partial charge in [0.1, 0.15) is 11.6 Å². The van der Waals surface area contributed by atoms with Gasteiger partial charge in [0, 0.05) is 18.0 Å². The minimum absolute atomic E-state index is 0. The normalized spacial score (nSPS) is 12.5. The molecule has 0 bridgehead atoms. The van der Waals surface area contributed by atoms with Gasteiger partial charge in [-0.15, -0.1) is 0 Å². The lowest BCUT2D eigenvalue weighted by Crippen LogP contribution is -2.32. The monoisotopic (exact) mass is 322 g/mol. The van der Waals surface area contributed by atoms with Crippen molar-refractivity contribution in [2.75, 3.05) is 0 Å². The standard InChI is InChI=1S/C16H20N2O4.H2O/c1-16(2,3)22-15(21)18-9-10(8-12(17)14(19)20)11-6-4-5-7-13(11)18;/h4-7,9,12H,8,17H2,1-3H3,(H,19,20);1H2/t12-;/m0./s1. The fourth-order valence-electron chi connectivity index (χ4n) is 2.20. The van der Waals surface area contributed by atoms with Crippen molar-refractivity contribution in [1.82, 2.24) is 4.57 Å². The van der Waals surface area contributed by atoms with Gasteiger partial charge in [-0.3, -0.25) is 9.36 Å². The van der Waals surface area contributed by atoms with E-state index in [1.165, 1.54) is 4.57 Å². The van der Waals surface area contributed by atoms with Gasteiger partial charge in [0.2, 0.25) is 0 Å². The average Bonchev–Trinajstić information content (AvgIpc) is 2.76. The number of aromatic nitrogens is 1. The van der Waals surface area contributed by atoms with E-state index in [-0.39, 0.29) is 11.9 Å². The quantitative estimate of drug-likeness (QED) is 0.886. The maximum absolute atomic E-state index is 12.3. The van der Waals surface area contributed by atoms with E-state index in [0.717, 1.165) is 5.39 Å². The molecule has 0 amide bonds. The lowest BCUT2D eigenvalue weighted by atomic mass is 10.1. The number of hydrogen-bond donors (Lipinski definition) is 2. The van der Waals surface area contributed by atoms with E-state index in [2.05, 4.69) is 0 Å². The maximum atomic E-state index is 12.3. The number of benzene rings is 1. The number of fused-ring (bicyclic) bond motifs is 1. The Hall–Kier alpha value is -2.38. The van der Waals surface area contributed by atoms with Crippen LogP contribution in [0.25, 0.3) is 10.9 Å². The molecule has 23 heavy (non-hydrogen) atoms. The molecule has 0 aliphatic carbocycles. The highest BCUT2D eigenvalue weighted by molar-refractivity contribution is 5.92. The van der Waals surface area contributed by atoms with Crippen LogP contribution in [0.3, 0.4) is 0 Å². The van der Waals surface area contributed by atoms with Gasteiger partial charge in [0.15, 0.2) is 0 Å². The number of ether oxygens (including phenoxy) is 1. The molecule has 0 aliphatic rings. The van der Waals surface area contributed by atoms with Gasteiger partial charge in [0.25, 0.3) is 0 Å². The topological polar surface area (TPSA) is 126 Å². The first-order chi connectivity index (χ1) is 10.2. The summed E-state index contributed by atoms with van der Waals surface area (Å²) in [4.78, 5) is 23.2. The van der Waals surface area contributed by atoms with Crippen LogP contribution < -0.4 is 5.73 Å². The Balaban J connectivity index is 0.00000264. The van der Waals surface area contributed by atoms with Gasteiger partial charge in [-0.2, -0.15) is 0 Å². The number of hydrogen-bond acceptors (Lipinski definition) is 4. The van der Waals surface area contributed by atoms with Crippen molar-refractivity contribution in [3.05, 3.63) is 36.0 Å². The smallest absolute Gasteiger partial charge is 0.419 e. The van der Waals surface area contributed by atoms with Crippen molar-refractivity contribution < 1.29 is 24.9 Å². The second kappa shape index (κ2) is 6.80. The molecule has 7 heteroatoms. The van der Waals surface area contributed by atoms with Crippen molar-refractivity contribution in [1.29, 1.82) is 0 Å². The van der Waals surface area contributed by atoms with Crippen LogP contribution in [-0.4, -0.2) is 38.9 Å². The van der Waals surface area contributed by atoms with Gasteiger partial charge in [-0.1, -0.05) is 18.2 Å². The zero-order valence-corrected chi connectivity index (χ0v) is 13.4. The Bertz CT molecular complexity index is 715. The number of aliphatic carboxylic acids is 1. The van der Waals surface area contributed by atoms with Crippen LogP contribution in [0.15, 0.2) is 30.5 Å². The summed E-state index contributed by atoms with van der Waals surface area (Å²) in [5, 5.41) is 9.76. The van der Waals surface area contributed by atoms with Crippen LogP contribution >= 0.6 is 0 Å². The summed E-state index contributed by atoms with van der Waals surface area (Å²) in [6.45, 7) is 5.37. The molecular formula is C16H22N2O5. The van der Waals surface area contributed by atoms with Gasteiger partial charge in [-0.05, 0) is 32.4 Å². The molecule has 1 aromatic heterocycles. The summed E-state index contributed by atoms with van der Waals surface area (Å²) in [5.41, 5.74) is 6.37. The molecular weight excluding hydrogens is 300 g/mol. The second-order valence-corrected chi connectivity index (χ2v) is 6.17. The van der Waals surface area contributed by atoms with Crippen molar-refractivity contribution in [3.8, 4) is 0 Å². The minimum Gasteiger partial charge on any atom is -0.480 e. The molecule has 5 N–H and O–H groups in total. The summed E-state index contributed by atoms with van der Waals surface area (Å²) >= 11 is 0. The molecule has 0 aliphatic heterocycles. The third-order valence-corrected chi connectivity index (χ3v) is 3.14. The number of carboxylic acids is 1. The summed E-state index contributed by atoms with van der Waals surface area (Å²) in [6.07, 6.45) is 1.24. The number of nitrogens with zero attached hydrogens (tertiary/aromatic N) is 1. The second-order valence-electron chi connectivity index (χ2n) is 6.17. The van der Waals surface area contributed by atoms with E-state index in [4.69, 9.17) is 15.6 Å². The van der Waals surface area contributed by atoms with Crippen LogP contribution in [0.1, 0.15) is 26.3 Å². The van der Waals surface area contributed by atoms with Crippen LogP contribution in [-0.2, 0) is 16.0 Å². The Labute approximate surface area is 134 Å². The molecule has 0 radical (unpaired) electrons. The van der Waals surface area contributed by atoms with Gasteiger partial charge in [-0.25, -0.2) is 4.79 Å². The van der Waals surface area contributed by atoms with Gasteiger partial charge in [0.05, 0.1) is 5.52 Å². The van der Waals surface area contributed by atoms with Crippen molar-refractivity contribution in [3.63, 3.8) is 0 Å². The van der Waals surface area contributed by atoms with Gasteiger partial charge < -0.3 is 21.1 Å². The first kappa shape index (κ1) is 18.7. The van der Waals surface area contributed by atoms with E-state index in [0.29, 0.717) is 11.1 Å². The number of carbonyl (C=O) groups is 2. The largest absolute Gasteiger partial charge is 0.480 e. The number of nitrogens with two attached hydrogens (primary N) is 1. The summed E-state index contributed by atoms with van der Waals surface area (Å²) < 4.78 is 6.77. The molecule has 2 aromatic rings. The van der Waals surface area contributed by atoms with E-state index >= 15 is 0 Å². The first-order valence-electron chi connectivity index (χ1n) is 7.00. The Kier molecular flexibility index (Phi) is 5.52. The number of carbonyl (C=O) groups excluding carboxylic acids is 1. The summed E-state index contributed by atoms with van der Waals surface area (Å²) in [6, 6.07) is 6.24. The number of para-hydroxylation sites is 1. The lowest BCUT2D eigenvalue weighted by molar-refractivity contribution is -0.138. The van der Waals surface area contributed by atoms with Crippen molar-refractivity contribution in [2.24, 2.45) is 5.73 Å². The highest BCUT2D eigenvalue weighted by atomic mass is 16.6. The molecule has 1 heterocycles. The minimum atomic E-state index is -1.07. The van der Waals surface area contributed by atoms with Gasteiger partial charge >= 0.3 is 12.1 Å². The van der Waals surface area contributed by atoms with Crippen LogP contribution in [0.4, 0.5) is 4.79 Å². The highest BCUT2D eigenvalue weighted by Gasteiger charge is 2.22. The van der Waals surface area contributed by atoms with Crippen molar-refractivity contribution in [2.45, 2.75) is 38.8 Å². The maximum Gasteiger partial charge on any atom is 0.419 e. The molecule has 0 saturated carbocycles. The summed E-state index contributed by atoms with van der Waals surface area (Å²) in [5.74, 6) is -1.07. The first-order valence-corrected chi connectivity index (χ1v) is 7.00. The number of carboxylic acid groups (broad SMARTS) is 1. The van der Waals surface area contributed by atoms with E-state index in [9.17, 15) is 9.59 Å².